The van der Waals surface area contributed by atoms with Crippen molar-refractivity contribution in [2.24, 2.45) is 0 Å². The molecule has 2 saturated heterocycles. The molecule has 2 aliphatic heterocycles. The van der Waals surface area contributed by atoms with E-state index in [1.807, 2.05) is 0 Å². The number of β-amino-alcohol motifs (C(OH)–C–C–N with tert-alkyl or cyclic N) is 1. The van der Waals surface area contributed by atoms with Gasteiger partial charge in [-0.3, -0.25) is 4.90 Å². The number of hydrogen-bond donors (Lipinski definition) is 1. The molecule has 3 nitrogen and oxygen atoms in total. The molecule has 3 rings (SSSR count). The number of aliphatic hydroxyl groups is 1. The third-order valence-corrected chi connectivity index (χ3v) is 4.69. The van der Waals surface area contributed by atoms with Crippen LogP contribution in [-0.4, -0.2) is 46.9 Å². The van der Waals surface area contributed by atoms with Crippen molar-refractivity contribution in [3.63, 3.8) is 0 Å². The van der Waals surface area contributed by atoms with E-state index in [9.17, 15) is 5.11 Å². The molecule has 17 heavy (non-hydrogen) atoms. The van der Waals surface area contributed by atoms with E-state index in [4.69, 9.17) is 4.74 Å². The Morgan fingerprint density at radius 1 is 1.35 bits per heavy atom. The van der Waals surface area contributed by atoms with E-state index < -0.39 is 5.60 Å². The first-order valence-electron chi connectivity index (χ1n) is 7.26. The van der Waals surface area contributed by atoms with Gasteiger partial charge in [-0.05, 0) is 51.9 Å². The van der Waals surface area contributed by atoms with Crippen molar-refractivity contribution in [2.75, 3.05) is 13.2 Å². The molecular formula is C14H25NO2. The Hall–Kier alpha value is -0.120. The highest BCUT2D eigenvalue weighted by atomic mass is 16.5. The second-order valence-corrected chi connectivity index (χ2v) is 6.35. The van der Waals surface area contributed by atoms with Crippen LogP contribution in [0.1, 0.15) is 51.9 Å². The van der Waals surface area contributed by atoms with Gasteiger partial charge in [-0.1, -0.05) is 0 Å². The van der Waals surface area contributed by atoms with Crippen LogP contribution in [0, 0.1) is 0 Å². The quantitative estimate of drug-likeness (QED) is 0.813. The zero-order valence-corrected chi connectivity index (χ0v) is 10.9. The molecular weight excluding hydrogens is 214 g/mol. The lowest BCUT2D eigenvalue weighted by atomic mass is 9.93. The van der Waals surface area contributed by atoms with E-state index >= 15 is 0 Å². The lowest BCUT2D eigenvalue weighted by Gasteiger charge is -2.24. The SMILES string of the molecule is CC1CC(O)(CCC2CCCO2)CN1C1CC1. The van der Waals surface area contributed by atoms with Gasteiger partial charge >= 0.3 is 0 Å². The van der Waals surface area contributed by atoms with Crippen molar-refractivity contribution in [1.29, 1.82) is 0 Å². The van der Waals surface area contributed by atoms with Gasteiger partial charge < -0.3 is 9.84 Å². The molecule has 3 fully saturated rings. The van der Waals surface area contributed by atoms with Gasteiger partial charge in [0.2, 0.25) is 0 Å². The Labute approximate surface area is 104 Å². The summed E-state index contributed by atoms with van der Waals surface area (Å²) in [5, 5.41) is 10.7. The van der Waals surface area contributed by atoms with Crippen LogP contribution in [0.15, 0.2) is 0 Å². The van der Waals surface area contributed by atoms with Crippen LogP contribution in [0.3, 0.4) is 0 Å². The third kappa shape index (κ3) is 2.67. The Morgan fingerprint density at radius 3 is 2.82 bits per heavy atom. The molecule has 0 aromatic heterocycles. The molecule has 3 heteroatoms. The van der Waals surface area contributed by atoms with E-state index in [2.05, 4.69) is 11.8 Å². The number of rotatable bonds is 4. The highest BCUT2D eigenvalue weighted by Gasteiger charge is 2.45. The molecule has 3 aliphatic rings. The van der Waals surface area contributed by atoms with E-state index in [1.54, 1.807) is 0 Å². The first-order valence-corrected chi connectivity index (χ1v) is 7.26. The summed E-state index contributed by atoms with van der Waals surface area (Å²) in [6.45, 7) is 4.08. The zero-order valence-electron chi connectivity index (χ0n) is 10.9. The highest BCUT2D eigenvalue weighted by molar-refractivity contribution is 5.00. The van der Waals surface area contributed by atoms with Gasteiger partial charge in [0.1, 0.15) is 0 Å². The molecule has 0 aromatic rings. The zero-order chi connectivity index (χ0) is 11.9. The molecule has 98 valence electrons. The minimum Gasteiger partial charge on any atom is -0.388 e. The summed E-state index contributed by atoms with van der Waals surface area (Å²) in [7, 11) is 0. The Kier molecular flexibility index (Phi) is 3.18. The molecule has 0 aromatic carbocycles. The van der Waals surface area contributed by atoms with Crippen LogP contribution < -0.4 is 0 Å². The van der Waals surface area contributed by atoms with Crippen LogP contribution in [0.25, 0.3) is 0 Å². The Morgan fingerprint density at radius 2 is 2.18 bits per heavy atom. The lowest BCUT2D eigenvalue weighted by molar-refractivity contribution is 0.0174. The normalized spacial score (nSPS) is 43.4. The first kappa shape index (κ1) is 11.9. The van der Waals surface area contributed by atoms with Crippen LogP contribution in [0.4, 0.5) is 0 Å². The molecule has 1 saturated carbocycles. The smallest absolute Gasteiger partial charge is 0.0790 e. The standard InChI is InChI=1S/C14H25NO2/c1-11-9-14(16,10-15(11)12-4-5-12)7-6-13-3-2-8-17-13/h11-13,16H,2-10H2,1H3. The van der Waals surface area contributed by atoms with Crippen molar-refractivity contribution in [3.8, 4) is 0 Å². The van der Waals surface area contributed by atoms with E-state index in [0.717, 1.165) is 38.5 Å². The van der Waals surface area contributed by atoms with Crippen LogP contribution in [0.2, 0.25) is 0 Å². The largest absolute Gasteiger partial charge is 0.388 e. The van der Waals surface area contributed by atoms with Gasteiger partial charge in [0.05, 0.1) is 11.7 Å². The summed E-state index contributed by atoms with van der Waals surface area (Å²) in [5.74, 6) is 0. The molecule has 0 radical (unpaired) electrons. The van der Waals surface area contributed by atoms with E-state index in [0.29, 0.717) is 12.1 Å². The van der Waals surface area contributed by atoms with Gasteiger partial charge in [-0.25, -0.2) is 0 Å². The fourth-order valence-electron chi connectivity index (χ4n) is 3.61. The Bertz CT molecular complexity index is 273. The van der Waals surface area contributed by atoms with E-state index in [1.165, 1.54) is 25.7 Å². The molecule has 2 heterocycles. The van der Waals surface area contributed by atoms with Gasteiger partial charge in [-0.2, -0.15) is 0 Å². The van der Waals surface area contributed by atoms with Crippen molar-refractivity contribution < 1.29 is 9.84 Å². The van der Waals surface area contributed by atoms with Crippen LogP contribution in [-0.2, 0) is 4.74 Å². The molecule has 0 spiro atoms. The molecule has 0 bridgehead atoms. The summed E-state index contributed by atoms with van der Waals surface area (Å²) in [5.41, 5.74) is -0.437. The summed E-state index contributed by atoms with van der Waals surface area (Å²) >= 11 is 0. The molecule has 0 amide bonds. The maximum atomic E-state index is 10.7. The van der Waals surface area contributed by atoms with E-state index in [-0.39, 0.29) is 0 Å². The second kappa shape index (κ2) is 4.52. The number of likely N-dealkylation sites (tertiary alicyclic amines) is 1. The Balaban J connectivity index is 1.51. The lowest BCUT2D eigenvalue weighted by Crippen LogP contribution is -2.35. The van der Waals surface area contributed by atoms with Crippen molar-refractivity contribution in [1.82, 2.24) is 4.90 Å². The van der Waals surface area contributed by atoms with Gasteiger partial charge in [0.25, 0.3) is 0 Å². The van der Waals surface area contributed by atoms with Crippen LogP contribution >= 0.6 is 0 Å². The second-order valence-electron chi connectivity index (χ2n) is 6.35. The maximum absolute atomic E-state index is 10.7. The van der Waals surface area contributed by atoms with Crippen molar-refractivity contribution in [3.05, 3.63) is 0 Å². The molecule has 3 unspecified atom stereocenters. The average Bonchev–Trinajstić information content (AvgIpc) is 2.90. The fourth-order valence-corrected chi connectivity index (χ4v) is 3.61. The van der Waals surface area contributed by atoms with Gasteiger partial charge in [-0.15, -0.1) is 0 Å². The van der Waals surface area contributed by atoms with Crippen molar-refractivity contribution >= 4 is 0 Å². The monoisotopic (exact) mass is 239 g/mol. The third-order valence-electron chi connectivity index (χ3n) is 4.69. The number of ether oxygens (including phenoxy) is 1. The minimum atomic E-state index is -0.437. The fraction of sp³-hybridized carbons (Fsp3) is 1.00. The molecule has 3 atom stereocenters. The molecule has 1 aliphatic carbocycles. The first-order chi connectivity index (χ1) is 8.16. The minimum absolute atomic E-state index is 0.421. The highest BCUT2D eigenvalue weighted by Crippen LogP contribution is 2.39. The average molecular weight is 239 g/mol. The number of nitrogens with zero attached hydrogens (tertiary/aromatic N) is 1. The summed E-state index contributed by atoms with van der Waals surface area (Å²) < 4.78 is 5.65. The predicted octanol–water partition coefficient (Wildman–Crippen LogP) is 1.93. The number of hydrogen-bond acceptors (Lipinski definition) is 3. The maximum Gasteiger partial charge on any atom is 0.0790 e. The summed E-state index contributed by atoms with van der Waals surface area (Å²) in [4.78, 5) is 2.52. The predicted molar refractivity (Wildman–Crippen MR) is 67.0 cm³/mol. The van der Waals surface area contributed by atoms with Gasteiger partial charge in [0.15, 0.2) is 0 Å². The summed E-state index contributed by atoms with van der Waals surface area (Å²) in [6.07, 6.45) is 8.41. The summed E-state index contributed by atoms with van der Waals surface area (Å²) in [6, 6.07) is 1.35. The topological polar surface area (TPSA) is 32.7 Å². The van der Waals surface area contributed by atoms with Crippen LogP contribution in [0.5, 0.6) is 0 Å². The molecule has 1 N–H and O–H groups in total. The van der Waals surface area contributed by atoms with Crippen molar-refractivity contribution in [2.45, 2.75) is 75.7 Å². The van der Waals surface area contributed by atoms with Gasteiger partial charge in [0, 0.05) is 25.2 Å².